The Morgan fingerprint density at radius 2 is 1.62 bits per heavy atom. The van der Waals surface area contributed by atoms with Gasteiger partial charge in [0, 0.05) is 87.2 Å². The molecular weight excluding hydrogens is 742 g/mol. The monoisotopic (exact) mass is 795 g/mol. The number of nitrogens with two attached hydrogens (primary N) is 3. The van der Waals surface area contributed by atoms with E-state index in [1.165, 1.54) is 5.01 Å². The highest BCUT2D eigenvalue weighted by molar-refractivity contribution is 5.94. The van der Waals surface area contributed by atoms with E-state index in [1.54, 1.807) is 30.3 Å². The van der Waals surface area contributed by atoms with E-state index >= 15 is 4.39 Å². The van der Waals surface area contributed by atoms with Gasteiger partial charge in [0.15, 0.2) is 5.75 Å². The van der Waals surface area contributed by atoms with Crippen LogP contribution in [0.5, 0.6) is 11.5 Å². The molecule has 8 rings (SSSR count). The summed E-state index contributed by atoms with van der Waals surface area (Å²) < 4.78 is 22.9. The van der Waals surface area contributed by atoms with Gasteiger partial charge >= 0.3 is 0 Å². The number of carbonyl (C=O) groups is 2. The number of nitrogens with one attached hydrogen (secondary N) is 1. The molecule has 2 atom stereocenters. The lowest BCUT2D eigenvalue weighted by atomic mass is 9.94. The van der Waals surface area contributed by atoms with Crippen molar-refractivity contribution in [3.63, 3.8) is 0 Å². The summed E-state index contributed by atoms with van der Waals surface area (Å²) in [5.41, 5.74) is 23.5. The number of halogens is 1. The number of amides is 2. The van der Waals surface area contributed by atoms with Gasteiger partial charge in [0.05, 0.1) is 30.5 Å². The Morgan fingerprint density at radius 3 is 2.29 bits per heavy atom. The number of rotatable bonds is 10. The molecule has 4 aliphatic rings. The fraction of sp³-hybridized carbons (Fsp3) is 0.395. The number of alkyl halides is 1. The van der Waals surface area contributed by atoms with Crippen LogP contribution in [0.1, 0.15) is 47.6 Å². The van der Waals surface area contributed by atoms with E-state index in [9.17, 15) is 14.7 Å². The average Bonchev–Trinajstić information content (AvgIpc) is 3.68. The number of morpholine rings is 1. The molecular formula is C43H54FN9O5. The Bertz CT molecular complexity index is 2090. The molecule has 0 spiro atoms. The van der Waals surface area contributed by atoms with Gasteiger partial charge in [0.25, 0.3) is 5.91 Å². The highest BCUT2D eigenvalue weighted by Gasteiger charge is 2.33. The highest BCUT2D eigenvalue weighted by Crippen LogP contribution is 2.34. The second-order valence-electron chi connectivity index (χ2n) is 15.2. The minimum atomic E-state index is -0.972. The van der Waals surface area contributed by atoms with Gasteiger partial charge in [-0.25, -0.2) is 9.40 Å². The molecule has 14 nitrogen and oxygen atoms in total. The van der Waals surface area contributed by atoms with Crippen molar-refractivity contribution < 1.29 is 28.7 Å². The molecule has 3 aromatic carbocycles. The standard InChI is InChI=1S/C29H34FN5O3.C14H20N4O2/c30-24-20-32(19-21-9-15-33(16-10-21)29(37)22-5-2-1-3-6-22)14-12-26(24)34-17-11-23-25(34)7-4-8-27(23)38-31-35-18-13-28(35)36;15-11(10-3-1-2-4-13(10)19)9-12(14(16)17)18-5-7-20-8-6-18/h1-8,11,17,21,24,26,31H,9-10,12-16,18-20H2;1-4,9,19H,5-8,15-17H2/b;11-9-. The number of likely N-dealkylation sites (tertiary alicyclic amines) is 2. The summed E-state index contributed by atoms with van der Waals surface area (Å²) in [5.74, 6) is 1.53. The van der Waals surface area contributed by atoms with Crippen LogP contribution in [0.4, 0.5) is 4.39 Å². The number of para-hydroxylation sites is 1. The molecule has 1 aromatic heterocycles. The zero-order chi connectivity index (χ0) is 40.6. The molecule has 58 heavy (non-hydrogen) atoms. The number of nitrogens with zero attached hydrogens (tertiary/aromatic N) is 5. The summed E-state index contributed by atoms with van der Waals surface area (Å²) in [6.45, 7) is 6.96. The molecule has 0 saturated carbocycles. The van der Waals surface area contributed by atoms with Gasteiger partial charge in [-0.1, -0.05) is 42.0 Å². The van der Waals surface area contributed by atoms with E-state index in [-0.39, 0.29) is 29.4 Å². The summed E-state index contributed by atoms with van der Waals surface area (Å²) in [7, 11) is 0. The predicted octanol–water partition coefficient (Wildman–Crippen LogP) is 3.92. The van der Waals surface area contributed by atoms with E-state index in [0.29, 0.717) is 74.4 Å². The summed E-state index contributed by atoms with van der Waals surface area (Å²) in [6.07, 6.45) is 5.84. The maximum absolute atomic E-state index is 15.5. The molecule has 8 N–H and O–H groups in total. The van der Waals surface area contributed by atoms with Crippen LogP contribution in [0.25, 0.3) is 16.6 Å². The number of hydrogen-bond donors (Lipinski definition) is 5. The summed E-state index contributed by atoms with van der Waals surface area (Å²) in [6, 6.07) is 23.8. The number of piperidine rings is 2. The first-order valence-corrected chi connectivity index (χ1v) is 20.0. The number of benzene rings is 3. The van der Waals surface area contributed by atoms with E-state index in [2.05, 4.69) is 10.5 Å². The number of ether oxygens (including phenoxy) is 1. The largest absolute Gasteiger partial charge is 0.507 e. The number of hydrazine groups is 1. The van der Waals surface area contributed by atoms with Crippen LogP contribution >= 0.6 is 0 Å². The van der Waals surface area contributed by atoms with Gasteiger partial charge in [-0.2, -0.15) is 0 Å². The molecule has 0 aliphatic carbocycles. The minimum Gasteiger partial charge on any atom is -0.507 e. The molecule has 308 valence electrons. The number of β-lactam (4-membered cyclic amide) rings is 1. The number of carbonyl (C=O) groups excluding carboxylic acids is 2. The Kier molecular flexibility index (Phi) is 13.0. The van der Waals surface area contributed by atoms with Crippen molar-refractivity contribution >= 4 is 28.4 Å². The van der Waals surface area contributed by atoms with Gasteiger partial charge < -0.3 is 51.1 Å². The normalized spacial score (nSPS) is 20.6. The Hall–Kier alpha value is -5.77. The SMILES string of the molecule is NC(N)=C(/C=C(\N)c1ccccc1O)N1CCOCC1.O=C(c1ccccc1)N1CCC(CN2CCC(n3ccc4c(ONN5CCC5=O)cccc43)C(F)C2)CC1. The molecule has 2 unspecified atom stereocenters. The quantitative estimate of drug-likeness (QED) is 0.0893. The third-order valence-corrected chi connectivity index (χ3v) is 11.4. The number of allylic oxidation sites excluding steroid dienone is 1. The Morgan fingerprint density at radius 1 is 0.879 bits per heavy atom. The maximum atomic E-state index is 15.5. The van der Waals surface area contributed by atoms with Crippen molar-refractivity contribution in [2.24, 2.45) is 23.1 Å². The summed E-state index contributed by atoms with van der Waals surface area (Å²) >= 11 is 0. The zero-order valence-electron chi connectivity index (χ0n) is 32.7. The van der Waals surface area contributed by atoms with E-state index in [4.69, 9.17) is 26.8 Å². The second-order valence-corrected chi connectivity index (χ2v) is 15.2. The molecule has 5 heterocycles. The van der Waals surface area contributed by atoms with Crippen molar-refractivity contribution in [2.75, 3.05) is 65.6 Å². The fourth-order valence-corrected chi connectivity index (χ4v) is 8.04. The zero-order valence-corrected chi connectivity index (χ0v) is 32.7. The molecule has 4 aliphatic heterocycles. The van der Waals surface area contributed by atoms with Crippen LogP contribution in [0.3, 0.4) is 0 Å². The number of hydrogen-bond acceptors (Lipinski definition) is 11. The molecule has 15 heteroatoms. The van der Waals surface area contributed by atoms with Crippen LogP contribution < -0.4 is 27.6 Å². The Balaban J connectivity index is 0.000000216. The summed E-state index contributed by atoms with van der Waals surface area (Å²) in [5, 5.41) is 12.1. The first kappa shape index (κ1) is 40.4. The van der Waals surface area contributed by atoms with Gasteiger partial charge in [-0.05, 0) is 73.7 Å². The van der Waals surface area contributed by atoms with Crippen molar-refractivity contribution in [3.8, 4) is 11.5 Å². The van der Waals surface area contributed by atoms with E-state index in [1.807, 2.05) is 75.2 Å². The van der Waals surface area contributed by atoms with Gasteiger partial charge in [0.1, 0.15) is 17.7 Å². The average molecular weight is 796 g/mol. The number of aromatic nitrogens is 1. The molecule has 4 fully saturated rings. The second kappa shape index (κ2) is 18.7. The topological polar surface area (TPSA) is 181 Å². The minimum absolute atomic E-state index is 0.00741. The van der Waals surface area contributed by atoms with E-state index < -0.39 is 6.17 Å². The van der Waals surface area contributed by atoms with Gasteiger partial charge in [-0.15, -0.1) is 0 Å². The number of fused-ring (bicyclic) bond motifs is 1. The smallest absolute Gasteiger partial charge is 0.253 e. The lowest BCUT2D eigenvalue weighted by molar-refractivity contribution is -0.154. The third-order valence-electron chi connectivity index (χ3n) is 11.4. The number of phenols is 1. The van der Waals surface area contributed by atoms with Crippen LogP contribution in [-0.2, 0) is 9.53 Å². The summed E-state index contributed by atoms with van der Waals surface area (Å²) in [4.78, 5) is 36.2. The van der Waals surface area contributed by atoms with Gasteiger partial charge in [-0.3, -0.25) is 9.59 Å². The molecule has 4 saturated heterocycles. The molecule has 0 radical (unpaired) electrons. The molecule has 2 amide bonds. The van der Waals surface area contributed by atoms with Gasteiger partial charge in [0.2, 0.25) is 5.91 Å². The van der Waals surface area contributed by atoms with Crippen molar-refractivity contribution in [1.82, 2.24) is 29.9 Å². The van der Waals surface area contributed by atoms with Crippen LogP contribution in [0.15, 0.2) is 103 Å². The first-order chi connectivity index (χ1) is 28.2. The lowest BCUT2D eigenvalue weighted by Crippen LogP contribution is -2.53. The number of phenolic OH excluding ortho intramolecular Hbond substituents is 1. The molecule has 4 aromatic rings. The van der Waals surface area contributed by atoms with E-state index in [0.717, 1.165) is 61.9 Å². The lowest BCUT2D eigenvalue weighted by Gasteiger charge is -2.39. The first-order valence-electron chi connectivity index (χ1n) is 20.0. The van der Waals surface area contributed by atoms with Crippen molar-refractivity contribution in [2.45, 2.75) is 37.9 Å². The van der Waals surface area contributed by atoms with Crippen molar-refractivity contribution in [3.05, 3.63) is 114 Å². The van der Waals surface area contributed by atoms with Crippen LogP contribution in [0.2, 0.25) is 0 Å². The maximum Gasteiger partial charge on any atom is 0.253 e. The fourth-order valence-electron chi connectivity index (χ4n) is 8.04. The van der Waals surface area contributed by atoms with Crippen molar-refractivity contribution in [1.29, 1.82) is 0 Å². The predicted molar refractivity (Wildman–Crippen MR) is 220 cm³/mol. The van der Waals surface area contributed by atoms with Crippen LogP contribution in [-0.4, -0.2) is 113 Å². The van der Waals surface area contributed by atoms with Crippen LogP contribution in [0, 0.1) is 5.92 Å². The number of aromatic hydroxyl groups is 1. The third kappa shape index (κ3) is 9.50. The molecule has 0 bridgehead atoms. The Labute approximate surface area is 338 Å². The highest BCUT2D eigenvalue weighted by atomic mass is 19.1.